The number of benzene rings is 1. The van der Waals surface area contributed by atoms with Crippen molar-refractivity contribution >= 4 is 17.3 Å². The summed E-state index contributed by atoms with van der Waals surface area (Å²) in [6.45, 7) is 1.49. The van der Waals surface area contributed by atoms with E-state index in [0.717, 1.165) is 10.2 Å². The predicted molar refractivity (Wildman–Crippen MR) is 98.2 cm³/mol. The van der Waals surface area contributed by atoms with Gasteiger partial charge in [0.15, 0.2) is 0 Å². The number of nitrogens with one attached hydrogen (secondary N) is 1. The van der Waals surface area contributed by atoms with Crippen LogP contribution in [0.2, 0.25) is 0 Å². The first-order valence-electron chi connectivity index (χ1n) is 8.02. The van der Waals surface area contributed by atoms with Crippen molar-refractivity contribution < 1.29 is 9.72 Å². The number of rotatable bonds is 5. The summed E-state index contributed by atoms with van der Waals surface area (Å²) in [6, 6.07) is 11.1. The zero-order chi connectivity index (χ0) is 19.4. The molecule has 0 spiro atoms. The number of carbonyl (C=O) groups is 1. The van der Waals surface area contributed by atoms with Crippen molar-refractivity contribution in [2.75, 3.05) is 5.32 Å². The normalized spacial score (nSPS) is 11.6. The number of nitro benzene ring substituents is 1. The first kappa shape index (κ1) is 17.9. The Morgan fingerprint density at radius 1 is 1.15 bits per heavy atom. The molecule has 0 bridgehead atoms. The number of hydrogen-bond acceptors (Lipinski definition) is 6. The Labute approximate surface area is 153 Å². The highest BCUT2D eigenvalue weighted by atomic mass is 16.6. The Hall–Kier alpha value is -3.88. The molecule has 1 N–H and O–H groups in total. The third-order valence-corrected chi connectivity index (χ3v) is 3.91. The summed E-state index contributed by atoms with van der Waals surface area (Å²) >= 11 is 0. The van der Waals surface area contributed by atoms with Crippen LogP contribution in [-0.2, 0) is 4.79 Å². The van der Waals surface area contributed by atoms with Gasteiger partial charge >= 0.3 is 0 Å². The van der Waals surface area contributed by atoms with E-state index < -0.39 is 22.4 Å². The quantitative estimate of drug-likeness (QED) is 0.547. The van der Waals surface area contributed by atoms with Crippen molar-refractivity contribution in [3.63, 3.8) is 0 Å². The van der Waals surface area contributed by atoms with E-state index in [0.29, 0.717) is 5.69 Å². The molecule has 2 aromatic heterocycles. The molecule has 3 aromatic rings. The van der Waals surface area contributed by atoms with Crippen LogP contribution in [0.3, 0.4) is 0 Å². The van der Waals surface area contributed by atoms with Gasteiger partial charge in [0, 0.05) is 30.1 Å². The maximum atomic E-state index is 12.5. The number of nitro groups is 1. The van der Waals surface area contributed by atoms with Crippen LogP contribution in [0, 0.1) is 10.1 Å². The van der Waals surface area contributed by atoms with E-state index in [4.69, 9.17) is 0 Å². The molecule has 9 nitrogen and oxygen atoms in total. The summed E-state index contributed by atoms with van der Waals surface area (Å²) < 4.78 is 1.04. The fourth-order valence-electron chi connectivity index (χ4n) is 2.47. The van der Waals surface area contributed by atoms with Crippen molar-refractivity contribution in [3.8, 4) is 11.3 Å². The van der Waals surface area contributed by atoms with E-state index in [1.807, 2.05) is 0 Å². The lowest BCUT2D eigenvalue weighted by molar-refractivity contribution is -0.383. The van der Waals surface area contributed by atoms with E-state index in [-0.39, 0.29) is 11.4 Å². The largest absolute Gasteiger partial charge is 0.319 e. The van der Waals surface area contributed by atoms with Crippen molar-refractivity contribution in [1.29, 1.82) is 0 Å². The number of anilines is 1. The van der Waals surface area contributed by atoms with Crippen LogP contribution in [0.15, 0.2) is 65.7 Å². The summed E-state index contributed by atoms with van der Waals surface area (Å²) in [4.78, 5) is 39.1. The van der Waals surface area contributed by atoms with Crippen LogP contribution in [-0.4, -0.2) is 25.6 Å². The maximum absolute atomic E-state index is 12.5. The highest BCUT2D eigenvalue weighted by molar-refractivity contribution is 5.95. The highest BCUT2D eigenvalue weighted by Gasteiger charge is 2.21. The minimum atomic E-state index is -0.973. The Morgan fingerprint density at radius 3 is 2.56 bits per heavy atom. The second-order valence-electron chi connectivity index (χ2n) is 5.68. The zero-order valence-corrected chi connectivity index (χ0v) is 14.3. The van der Waals surface area contributed by atoms with Gasteiger partial charge in [-0.2, -0.15) is 5.10 Å². The van der Waals surface area contributed by atoms with Crippen LogP contribution >= 0.6 is 0 Å². The Morgan fingerprint density at radius 2 is 1.85 bits per heavy atom. The number of pyridine rings is 1. The Kier molecular flexibility index (Phi) is 5.02. The number of para-hydroxylation sites is 2. The molecule has 3 rings (SSSR count). The third kappa shape index (κ3) is 3.87. The topological polar surface area (TPSA) is 120 Å². The van der Waals surface area contributed by atoms with Gasteiger partial charge in [-0.15, -0.1) is 0 Å². The lowest BCUT2D eigenvalue weighted by Crippen LogP contribution is -2.33. The van der Waals surface area contributed by atoms with Crippen molar-refractivity contribution in [2.24, 2.45) is 0 Å². The first-order chi connectivity index (χ1) is 13.0. The average molecular weight is 365 g/mol. The SMILES string of the molecule is CC(C(=O)Nc1ccccc1[N+](=O)[O-])n1nc(-c2ccncc2)ccc1=O. The summed E-state index contributed by atoms with van der Waals surface area (Å²) in [7, 11) is 0. The molecule has 0 fully saturated rings. The summed E-state index contributed by atoms with van der Waals surface area (Å²) in [5.41, 5.74) is 0.604. The zero-order valence-electron chi connectivity index (χ0n) is 14.3. The fraction of sp³-hybridized carbons (Fsp3) is 0.111. The van der Waals surface area contributed by atoms with E-state index in [1.165, 1.54) is 31.2 Å². The van der Waals surface area contributed by atoms with Gasteiger partial charge in [-0.1, -0.05) is 12.1 Å². The van der Waals surface area contributed by atoms with E-state index in [1.54, 1.807) is 36.7 Å². The smallest absolute Gasteiger partial charge is 0.292 e. The molecule has 0 aliphatic heterocycles. The molecule has 0 radical (unpaired) electrons. The van der Waals surface area contributed by atoms with Gasteiger partial charge in [0.2, 0.25) is 5.91 Å². The van der Waals surface area contributed by atoms with Crippen molar-refractivity contribution in [3.05, 3.63) is 81.4 Å². The van der Waals surface area contributed by atoms with Gasteiger partial charge in [-0.3, -0.25) is 24.7 Å². The Bertz CT molecular complexity index is 1050. The molecule has 0 aliphatic rings. The number of aromatic nitrogens is 3. The summed E-state index contributed by atoms with van der Waals surface area (Å²) in [5, 5.41) is 17.8. The molecule has 1 aromatic carbocycles. The first-order valence-corrected chi connectivity index (χ1v) is 8.02. The van der Waals surface area contributed by atoms with Gasteiger partial charge in [0.1, 0.15) is 11.7 Å². The minimum Gasteiger partial charge on any atom is -0.319 e. The van der Waals surface area contributed by atoms with Crippen molar-refractivity contribution in [2.45, 2.75) is 13.0 Å². The second kappa shape index (κ2) is 7.56. The van der Waals surface area contributed by atoms with Crippen LogP contribution in [0.5, 0.6) is 0 Å². The molecule has 1 unspecified atom stereocenters. The number of hydrogen-bond donors (Lipinski definition) is 1. The van der Waals surface area contributed by atoms with E-state index in [9.17, 15) is 19.7 Å². The van der Waals surface area contributed by atoms with E-state index >= 15 is 0 Å². The van der Waals surface area contributed by atoms with Crippen LogP contribution in [0.4, 0.5) is 11.4 Å². The second-order valence-corrected chi connectivity index (χ2v) is 5.68. The van der Waals surface area contributed by atoms with Crippen LogP contribution in [0.25, 0.3) is 11.3 Å². The van der Waals surface area contributed by atoms with Gasteiger partial charge in [-0.25, -0.2) is 4.68 Å². The fourth-order valence-corrected chi connectivity index (χ4v) is 2.47. The molecule has 0 aliphatic carbocycles. The molecule has 27 heavy (non-hydrogen) atoms. The molecule has 136 valence electrons. The highest BCUT2D eigenvalue weighted by Crippen LogP contribution is 2.24. The molecule has 2 heterocycles. The molecule has 0 saturated carbocycles. The van der Waals surface area contributed by atoms with Gasteiger partial charge in [0.25, 0.3) is 11.2 Å². The molecule has 0 saturated heterocycles. The Balaban J connectivity index is 1.90. The van der Waals surface area contributed by atoms with Crippen LogP contribution in [0.1, 0.15) is 13.0 Å². The standard InChI is InChI=1S/C18H15N5O4/c1-12(18(25)20-15-4-2-3-5-16(15)23(26)27)22-17(24)7-6-14(21-22)13-8-10-19-11-9-13/h2-12H,1H3,(H,20,25). The van der Waals surface area contributed by atoms with Gasteiger partial charge in [0.05, 0.1) is 10.6 Å². The number of nitrogens with zero attached hydrogens (tertiary/aromatic N) is 4. The van der Waals surface area contributed by atoms with Gasteiger partial charge in [-0.05, 0) is 31.2 Å². The summed E-state index contributed by atoms with van der Waals surface area (Å²) in [5.74, 6) is -0.592. The lowest BCUT2D eigenvalue weighted by Gasteiger charge is -2.15. The average Bonchev–Trinajstić information content (AvgIpc) is 2.68. The molecule has 1 atom stereocenters. The van der Waals surface area contributed by atoms with Crippen LogP contribution < -0.4 is 10.9 Å². The number of carbonyl (C=O) groups excluding carboxylic acids is 1. The molecular weight excluding hydrogens is 350 g/mol. The predicted octanol–water partition coefficient (Wildman–Crippen LogP) is 2.41. The molecule has 9 heteroatoms. The van der Waals surface area contributed by atoms with Crippen molar-refractivity contribution in [1.82, 2.24) is 14.8 Å². The molecular formula is C18H15N5O4. The third-order valence-electron chi connectivity index (χ3n) is 3.91. The molecule has 1 amide bonds. The van der Waals surface area contributed by atoms with Gasteiger partial charge < -0.3 is 5.32 Å². The number of amides is 1. The lowest BCUT2D eigenvalue weighted by atomic mass is 10.2. The minimum absolute atomic E-state index is 0.0534. The summed E-state index contributed by atoms with van der Waals surface area (Å²) in [6.07, 6.45) is 3.19. The maximum Gasteiger partial charge on any atom is 0.292 e. The monoisotopic (exact) mass is 365 g/mol. The van der Waals surface area contributed by atoms with E-state index in [2.05, 4.69) is 15.4 Å².